The molecule has 0 amide bonds. The van der Waals surface area contributed by atoms with Gasteiger partial charge in [0.25, 0.3) is 6.47 Å². The van der Waals surface area contributed by atoms with Crippen LogP contribution in [-0.4, -0.2) is 202 Å². The van der Waals surface area contributed by atoms with Gasteiger partial charge in [-0.05, 0) is 226 Å². The number of aryl methyl sites for hydroxylation is 10. The number of aliphatic hydroxyl groups is 1. The van der Waals surface area contributed by atoms with E-state index in [1.807, 2.05) is 90.7 Å². The number of methoxy groups -OCH3 is 1. The molecule has 1 aliphatic rings. The molecule has 16 rings (SSSR count). The van der Waals surface area contributed by atoms with Crippen molar-refractivity contribution in [2.45, 2.75) is 121 Å². The van der Waals surface area contributed by atoms with Crippen LogP contribution in [0.4, 0.5) is 11.9 Å². The number of imidazole rings is 5. The normalized spacial score (nSPS) is 10.5. The summed E-state index contributed by atoms with van der Waals surface area (Å²) >= 11 is 4.04. The van der Waals surface area contributed by atoms with E-state index in [-0.39, 0.29) is 232 Å². The Hall–Kier alpha value is -10.7. The van der Waals surface area contributed by atoms with Crippen LogP contribution in [0.2, 0.25) is 0 Å². The van der Waals surface area contributed by atoms with E-state index in [0.717, 1.165) is 80.3 Å². The number of hydrogen-bond acceptors (Lipinski definition) is 34. The van der Waals surface area contributed by atoms with Crippen molar-refractivity contribution < 1.29 is 245 Å². The monoisotopic (exact) mass is 2180 g/mol. The fourth-order valence-corrected chi connectivity index (χ4v) is 13.8. The molecule has 0 atom stereocenters. The Kier molecular flexibility index (Phi) is 59.9. The Balaban J connectivity index is 0.00000170. The first-order valence-corrected chi connectivity index (χ1v) is 46.1. The summed E-state index contributed by atoms with van der Waals surface area (Å²) in [6.07, 6.45) is 2.56. The second-order valence-electron chi connectivity index (χ2n) is 30.5. The summed E-state index contributed by atoms with van der Waals surface area (Å²) in [6, 6.07) is 43.2. The number of nitrogens with one attached hydrogen (secondary N) is 4. The molecular weight excluding hydrogens is 2060 g/mol. The van der Waals surface area contributed by atoms with Crippen molar-refractivity contribution in [1.82, 2.24) is 71.4 Å². The zero-order chi connectivity index (χ0) is 105. The number of fused-ring (bicyclic) bond motifs is 5. The molecule has 0 spiro atoms. The van der Waals surface area contributed by atoms with Crippen molar-refractivity contribution in [2.75, 3.05) is 57.8 Å². The third-order valence-corrected chi connectivity index (χ3v) is 21.0. The number of rotatable bonds is 20. The number of benzene rings is 5. The molecule has 0 bridgehead atoms. The average molecular weight is 2180 g/mol. The average Bonchev–Trinajstić information content (AvgIpc) is 1.63. The van der Waals surface area contributed by atoms with Crippen molar-refractivity contribution in [3.8, 4) is 28.7 Å². The van der Waals surface area contributed by atoms with Crippen LogP contribution in [-0.2, 0) is 139 Å². The quantitative estimate of drug-likeness (QED) is 0.00990. The minimum atomic E-state index is -1.44. The second-order valence-corrected chi connectivity index (χ2v) is 30.9. The van der Waals surface area contributed by atoms with Gasteiger partial charge in [0.1, 0.15) is 51.5 Å². The predicted octanol–water partition coefficient (Wildman–Crippen LogP) is 2.14. The Bertz CT molecular complexity index is 6980. The van der Waals surface area contributed by atoms with E-state index in [0.29, 0.717) is 130 Å². The summed E-state index contributed by atoms with van der Waals surface area (Å²) in [4.78, 5) is 98.3. The van der Waals surface area contributed by atoms with Gasteiger partial charge in [-0.25, -0.2) is 29.1 Å². The van der Waals surface area contributed by atoms with Crippen molar-refractivity contribution in [1.29, 1.82) is 16.2 Å². The number of anilines is 2. The van der Waals surface area contributed by atoms with E-state index in [1.165, 1.54) is 26.9 Å². The third-order valence-electron chi connectivity index (χ3n) is 20.8. The Morgan fingerprint density at radius 1 is 0.473 bits per heavy atom. The number of nitrogen functional groups attached to an aromatic ring is 1. The number of carbonyl (C=O) groups is 6. The molecule has 769 valence electrons. The number of alkyl halides is 1. The maximum atomic E-state index is 12.0. The summed E-state index contributed by atoms with van der Waals surface area (Å²) < 4.78 is 60.0. The summed E-state index contributed by atoms with van der Waals surface area (Å²) in [7, 11) is 18.7. The van der Waals surface area contributed by atoms with Crippen molar-refractivity contribution in [3.63, 3.8) is 0 Å². The van der Waals surface area contributed by atoms with E-state index >= 15 is 0 Å². The van der Waals surface area contributed by atoms with Gasteiger partial charge in [-0.2, -0.15) is 0 Å². The number of aromatic hydroxyl groups is 5. The zero-order valence-electron chi connectivity index (χ0n) is 85.9. The number of hydrogen-bond donors (Lipinski definition) is 11. The van der Waals surface area contributed by atoms with Crippen LogP contribution in [0, 0.1) is 50.8 Å². The van der Waals surface area contributed by atoms with Crippen LogP contribution in [0.5, 0.6) is 28.7 Å². The molecule has 1 saturated heterocycles. The topological polar surface area (TPSA) is 585 Å². The van der Waals surface area contributed by atoms with Gasteiger partial charge in [-0.15, -0.1) is 11.6 Å². The SMILES string of the molecule is C1CCOC1.CCOC(=O)c1ccc2c(c1)n(Cc1nc(C)ccc1O)c(=N)n2C.CCOC(=O)c1ccc2c(c1)n(Cc1nc(C)ccc1O)c(=N)n2C.CCOC(=O)c1ccc2c(c1)nc(N)n2C.CCOC(=O)c1ccc2c(c1)nc(NCc1nc(C)ccc1O)n2C.COC(C)=O.Cc1ccc(O)c(CCl)n1.Cc1ccc(O)c(Cn2c(=N)n(C)c3ccc(CO)cc32)n1.ClCl.O=CO[O-].[AlH3].[H-].[H-].[K+].[K+].[Li+].[O]=[Mn]=[O]. The summed E-state index contributed by atoms with van der Waals surface area (Å²) in [5, 5.41) is 95.0. The van der Waals surface area contributed by atoms with Crippen LogP contribution in [0.15, 0.2) is 152 Å². The van der Waals surface area contributed by atoms with Gasteiger partial charge in [-0.3, -0.25) is 50.7 Å². The molecule has 0 aliphatic carbocycles. The van der Waals surface area contributed by atoms with Gasteiger partial charge in [0, 0.05) is 106 Å². The summed E-state index contributed by atoms with van der Waals surface area (Å²) in [5.74, 6) is 0.146. The molecule has 0 unspecified atom stereocenters. The van der Waals surface area contributed by atoms with E-state index in [4.69, 9.17) is 80.1 Å². The molecule has 0 saturated carbocycles. The number of aliphatic hydroxyl groups excluding tert-OH is 1. The number of aromatic nitrogens is 15. The summed E-state index contributed by atoms with van der Waals surface area (Å²) in [5.41, 5.74) is 23.7. The number of carbonyl (C=O) groups excluding carboxylic acids is 6. The minimum absolute atomic E-state index is 0. The molecule has 0 radical (unpaired) electrons. The van der Waals surface area contributed by atoms with Gasteiger partial charge in [0.15, 0.2) is 17.4 Å². The van der Waals surface area contributed by atoms with Crippen molar-refractivity contribution in [3.05, 3.63) is 253 Å². The zero-order valence-corrected chi connectivity index (χ0v) is 93.6. The van der Waals surface area contributed by atoms with Crippen LogP contribution in [0.25, 0.3) is 55.2 Å². The summed E-state index contributed by atoms with van der Waals surface area (Å²) in [6.45, 7) is 21.9. The first kappa shape index (κ1) is 131. The van der Waals surface area contributed by atoms with Gasteiger partial charge in [0.05, 0.1) is 155 Å². The number of nitrogens with two attached hydrogens (primary N) is 1. The fraction of sp³-hybridized carbons (Fsp3) is 0.312. The fourth-order valence-electron chi connectivity index (χ4n) is 13.6. The maximum absolute atomic E-state index is 12.0. The number of pyridine rings is 5. The van der Waals surface area contributed by atoms with Gasteiger partial charge in [0.2, 0.25) is 28.8 Å². The van der Waals surface area contributed by atoms with Crippen LogP contribution in [0.1, 0.15) is 154 Å². The van der Waals surface area contributed by atoms with E-state index in [9.17, 15) is 49.5 Å². The Morgan fingerprint density at radius 3 is 1.06 bits per heavy atom. The number of halogens is 3. The van der Waals surface area contributed by atoms with Crippen molar-refractivity contribution in [2.24, 2.45) is 35.2 Å². The molecule has 1 fully saturated rings. The molecular formula is C96H119AlCl3K2LiMnN20O22. The molecule has 42 nitrogen and oxygen atoms in total. The number of esters is 5. The van der Waals surface area contributed by atoms with Crippen LogP contribution < -0.4 is 155 Å². The molecule has 50 heteroatoms. The first-order valence-electron chi connectivity index (χ1n) is 43.5. The number of ether oxygens (including phenoxy) is 6. The molecule has 12 N–H and O–H groups in total. The number of nitrogens with zero attached hydrogens (tertiary/aromatic N) is 15. The van der Waals surface area contributed by atoms with Crippen LogP contribution in [0.3, 0.4) is 0 Å². The molecule has 1 aliphatic heterocycles. The molecule has 11 heterocycles. The third kappa shape index (κ3) is 37.8. The van der Waals surface area contributed by atoms with Gasteiger partial charge in [-0.1, -0.05) is 6.07 Å². The predicted molar refractivity (Wildman–Crippen MR) is 533 cm³/mol. The van der Waals surface area contributed by atoms with Gasteiger partial charge < -0.3 is 120 Å². The molecule has 15 aromatic rings. The molecule has 5 aromatic carbocycles. The second kappa shape index (κ2) is 66.6. The Labute approximate surface area is 971 Å². The van der Waals surface area contributed by atoms with Crippen molar-refractivity contribution >= 4 is 154 Å². The molecule has 10 aromatic heterocycles. The standard InChI is InChI=1S/3C18H20N4O3.C16H18N4O2.C11H13N3O2.C7H8ClNO.C4H8O.C3H6O2.CH2O3.Al.Cl2.2K.Li.Mn.2O.5H/c2*1-4-25-17(24)12-6-7-14-15(9-12)22(18(19)21(14)3)10-13-16(23)8-5-11(2)20-13;1-4-25-17(24)12-6-7-15-13(9-12)21-18(22(15)3)19-10-14-16(23)8-5-11(2)20-14;1-10-3-6-15(22)12(18-10)8-20-14-7-11(9-21)4-5-13(14)19(2)16(20)17;1-3-16-10(15)7-4-5-9-8(6-7)13-11(12)14(9)2;1-5-2-3-7(10)6(4-8)9-5;1-2-4-5-3-1;1-3(4)5-2;2-1-4-3;;1-2;;;;;;;;;;;/h2*5-9,19,23H,4,10H2,1-3H3;5-9,23H,4,10H2,1-3H3,(H,19,21);3-7,17,21-22H,8-9H2,1-2H3;4-6H,3H2,1-2H3,(H2,12,13);2-3,10H,4H2,1H3;1-4H2;1-2H3;1,3H;;;;;;;;;;;;;/q;;;;;;;;;;;3*+1;;;;;;;2*-1/p-1. The van der Waals surface area contributed by atoms with E-state index in [1.54, 1.807) is 195 Å². The van der Waals surface area contributed by atoms with Crippen LogP contribution >= 0.6 is 33.3 Å². The molecule has 146 heavy (non-hydrogen) atoms. The van der Waals surface area contributed by atoms with E-state index < -0.39 is 26.8 Å². The first-order chi connectivity index (χ1) is 67.8. The van der Waals surface area contributed by atoms with Gasteiger partial charge >= 0.3 is 174 Å². The van der Waals surface area contributed by atoms with E-state index in [2.05, 4.69) is 71.5 Å². The Morgan fingerprint density at radius 2 is 0.760 bits per heavy atom.